The van der Waals surface area contributed by atoms with Crippen LogP contribution in [0.1, 0.15) is 57.0 Å². The third-order valence-corrected chi connectivity index (χ3v) is 5.95. The lowest BCUT2D eigenvalue weighted by Crippen LogP contribution is -2.23. The molecule has 0 radical (unpaired) electrons. The van der Waals surface area contributed by atoms with Gasteiger partial charge in [0.1, 0.15) is 11.6 Å². The summed E-state index contributed by atoms with van der Waals surface area (Å²) in [4.78, 5) is 20.1. The molecule has 1 fully saturated rings. The number of nitrogens with zero attached hydrogens (tertiary/aromatic N) is 4. The quantitative estimate of drug-likeness (QED) is 0.455. The topological polar surface area (TPSA) is 63.6 Å². The van der Waals surface area contributed by atoms with E-state index in [0.717, 1.165) is 36.3 Å². The van der Waals surface area contributed by atoms with Crippen molar-refractivity contribution in [2.45, 2.75) is 51.9 Å². The fourth-order valence-electron chi connectivity index (χ4n) is 3.80. The van der Waals surface area contributed by atoms with Crippen molar-refractivity contribution in [3.63, 3.8) is 0 Å². The number of anilines is 1. The first-order chi connectivity index (χ1) is 14.7. The maximum atomic E-state index is 13.1. The average molecular weight is 471 g/mol. The van der Waals surface area contributed by atoms with E-state index in [1.54, 1.807) is 12.3 Å². The number of fused-ring (bicyclic) bond motifs is 1. The smallest absolute Gasteiger partial charge is 0.282 e. The summed E-state index contributed by atoms with van der Waals surface area (Å²) in [6, 6.07) is 9.46. The molecule has 30 heavy (non-hydrogen) atoms. The van der Waals surface area contributed by atoms with E-state index >= 15 is 0 Å². The van der Waals surface area contributed by atoms with Crippen LogP contribution in [0.2, 0.25) is 0 Å². The van der Waals surface area contributed by atoms with Crippen LogP contribution in [0.25, 0.3) is 10.9 Å². The number of rotatable bonds is 6. The first-order valence-electron chi connectivity index (χ1n) is 10.8. The molecule has 0 spiro atoms. The predicted octanol–water partition coefficient (Wildman–Crippen LogP) is 5.36. The zero-order valence-corrected chi connectivity index (χ0v) is 18.9. The molecule has 7 heteroatoms. The molecule has 0 saturated carbocycles. The normalized spacial score (nSPS) is 15.2. The lowest BCUT2D eigenvalue weighted by Gasteiger charge is -2.18. The second-order valence-corrected chi connectivity index (χ2v) is 8.65. The maximum Gasteiger partial charge on any atom is 0.282 e. The third-order valence-electron chi connectivity index (χ3n) is 5.46. The number of hydrogen-bond acceptors (Lipinski definition) is 5. The van der Waals surface area contributed by atoms with Crippen LogP contribution in [-0.4, -0.2) is 29.0 Å². The molecule has 0 atom stereocenters. The predicted molar refractivity (Wildman–Crippen MR) is 125 cm³/mol. The van der Waals surface area contributed by atoms with E-state index in [-0.39, 0.29) is 5.56 Å². The summed E-state index contributed by atoms with van der Waals surface area (Å²) in [7, 11) is 0. The van der Waals surface area contributed by atoms with Crippen LogP contribution in [-0.2, 0) is 6.42 Å². The van der Waals surface area contributed by atoms with Gasteiger partial charge in [0, 0.05) is 30.0 Å². The molecule has 0 bridgehead atoms. The van der Waals surface area contributed by atoms with Gasteiger partial charge in [0.25, 0.3) is 5.56 Å². The second-order valence-electron chi connectivity index (χ2n) is 7.73. The fraction of sp³-hybridized carbons (Fsp3) is 0.435. The Morgan fingerprint density at radius 2 is 1.97 bits per heavy atom. The molecule has 6 nitrogen and oxygen atoms in total. The van der Waals surface area contributed by atoms with Crippen LogP contribution in [0.15, 0.2) is 49.1 Å². The Morgan fingerprint density at radius 3 is 2.73 bits per heavy atom. The van der Waals surface area contributed by atoms with Gasteiger partial charge in [0.05, 0.1) is 17.1 Å². The number of unbranched alkanes of at least 4 members (excludes halogenated alkanes) is 1. The monoisotopic (exact) mass is 470 g/mol. The first-order valence-corrected chi connectivity index (χ1v) is 11.6. The summed E-state index contributed by atoms with van der Waals surface area (Å²) < 4.78 is 8.26. The Labute approximate surface area is 184 Å². The van der Waals surface area contributed by atoms with Gasteiger partial charge in [-0.3, -0.25) is 4.79 Å². The molecule has 1 aliphatic rings. The van der Waals surface area contributed by atoms with Gasteiger partial charge >= 0.3 is 0 Å². The van der Waals surface area contributed by atoms with E-state index in [9.17, 15) is 4.79 Å². The SMILES string of the molecule is CCCCc1nc2ccc(Br)cc2c(=O)n1N=Cc1ccc(N2CCCCCC2)o1. The first kappa shape index (κ1) is 20.8. The minimum atomic E-state index is -0.164. The van der Waals surface area contributed by atoms with E-state index in [2.05, 4.69) is 32.9 Å². The number of aromatic nitrogens is 2. The molecule has 4 rings (SSSR count). The minimum absolute atomic E-state index is 0.164. The Balaban J connectivity index is 1.66. The molecule has 0 amide bonds. The van der Waals surface area contributed by atoms with Gasteiger partial charge < -0.3 is 9.32 Å². The van der Waals surface area contributed by atoms with Crippen molar-refractivity contribution in [3.05, 3.63) is 56.7 Å². The molecule has 0 unspecified atom stereocenters. The van der Waals surface area contributed by atoms with Gasteiger partial charge in [0.2, 0.25) is 0 Å². The molecule has 1 aliphatic heterocycles. The van der Waals surface area contributed by atoms with Crippen molar-refractivity contribution in [1.29, 1.82) is 0 Å². The molecule has 158 valence electrons. The molecule has 1 aromatic carbocycles. The average Bonchev–Trinajstić information content (AvgIpc) is 3.05. The highest BCUT2D eigenvalue weighted by atomic mass is 79.9. The molecule has 0 aliphatic carbocycles. The summed E-state index contributed by atoms with van der Waals surface area (Å²) >= 11 is 3.44. The minimum Gasteiger partial charge on any atom is -0.440 e. The highest BCUT2D eigenvalue weighted by molar-refractivity contribution is 9.10. The van der Waals surface area contributed by atoms with Crippen LogP contribution in [0, 0.1) is 0 Å². The van der Waals surface area contributed by atoms with Crippen molar-refractivity contribution < 1.29 is 4.42 Å². The van der Waals surface area contributed by atoms with Crippen molar-refractivity contribution in [1.82, 2.24) is 9.66 Å². The Hall–Kier alpha value is -2.41. The van der Waals surface area contributed by atoms with E-state index in [1.807, 2.05) is 24.3 Å². The second kappa shape index (κ2) is 9.60. The summed E-state index contributed by atoms with van der Waals surface area (Å²) in [5.41, 5.74) is 0.533. The molecular weight excluding hydrogens is 444 g/mol. The van der Waals surface area contributed by atoms with Gasteiger partial charge in [-0.15, -0.1) is 0 Å². The van der Waals surface area contributed by atoms with E-state index in [0.29, 0.717) is 28.9 Å². The summed E-state index contributed by atoms with van der Waals surface area (Å²) in [5, 5.41) is 5.02. The van der Waals surface area contributed by atoms with E-state index < -0.39 is 0 Å². The van der Waals surface area contributed by atoms with Crippen LogP contribution in [0.3, 0.4) is 0 Å². The van der Waals surface area contributed by atoms with Crippen LogP contribution in [0.5, 0.6) is 0 Å². The zero-order valence-electron chi connectivity index (χ0n) is 17.3. The maximum absolute atomic E-state index is 13.1. The van der Waals surface area contributed by atoms with Gasteiger partial charge in [-0.25, -0.2) is 4.98 Å². The Kier molecular flexibility index (Phi) is 6.67. The third kappa shape index (κ3) is 4.67. The summed E-state index contributed by atoms with van der Waals surface area (Å²) in [6.45, 7) is 4.17. The van der Waals surface area contributed by atoms with Crippen molar-refractivity contribution in [2.24, 2.45) is 5.10 Å². The van der Waals surface area contributed by atoms with Gasteiger partial charge in [-0.1, -0.05) is 42.1 Å². The van der Waals surface area contributed by atoms with Crippen molar-refractivity contribution in [3.8, 4) is 0 Å². The highest BCUT2D eigenvalue weighted by Crippen LogP contribution is 2.22. The highest BCUT2D eigenvalue weighted by Gasteiger charge is 2.14. The van der Waals surface area contributed by atoms with E-state index in [1.165, 1.54) is 30.4 Å². The lowest BCUT2D eigenvalue weighted by molar-refractivity contribution is 0.537. The molecule has 1 saturated heterocycles. The van der Waals surface area contributed by atoms with Crippen LogP contribution >= 0.6 is 15.9 Å². The number of benzene rings is 1. The Bertz CT molecular complexity index is 1090. The van der Waals surface area contributed by atoms with Crippen LogP contribution < -0.4 is 10.5 Å². The number of aryl methyl sites for hydroxylation is 1. The summed E-state index contributed by atoms with van der Waals surface area (Å²) in [6.07, 6.45) is 9.23. The molecule has 2 aromatic heterocycles. The summed E-state index contributed by atoms with van der Waals surface area (Å²) in [5.74, 6) is 2.18. The van der Waals surface area contributed by atoms with Gasteiger partial charge in [-0.2, -0.15) is 9.78 Å². The van der Waals surface area contributed by atoms with Crippen molar-refractivity contribution in [2.75, 3.05) is 18.0 Å². The number of furan rings is 1. The molecule has 0 N–H and O–H groups in total. The van der Waals surface area contributed by atoms with E-state index in [4.69, 9.17) is 9.40 Å². The molecule has 3 aromatic rings. The van der Waals surface area contributed by atoms with Gasteiger partial charge in [0.15, 0.2) is 5.88 Å². The molecule has 3 heterocycles. The lowest BCUT2D eigenvalue weighted by atomic mass is 10.2. The van der Waals surface area contributed by atoms with Crippen molar-refractivity contribution >= 4 is 38.9 Å². The number of halogens is 1. The zero-order chi connectivity index (χ0) is 20.9. The Morgan fingerprint density at radius 1 is 1.17 bits per heavy atom. The standard InChI is InChI=1S/C23H27BrN4O2/c1-2-3-8-21-26-20-11-9-17(24)15-19(20)23(29)28(21)25-16-18-10-12-22(30-18)27-13-6-4-5-7-14-27/h9-12,15-16H,2-8,13-14H2,1H3. The molecular formula is C23H27BrN4O2. The van der Waals surface area contributed by atoms with Crippen LogP contribution in [0.4, 0.5) is 5.88 Å². The van der Waals surface area contributed by atoms with Gasteiger partial charge in [-0.05, 0) is 43.5 Å². The largest absolute Gasteiger partial charge is 0.440 e. The fourth-order valence-corrected chi connectivity index (χ4v) is 4.16. The number of hydrogen-bond donors (Lipinski definition) is 0.